The van der Waals surface area contributed by atoms with E-state index in [1.54, 1.807) is 12.1 Å². The van der Waals surface area contributed by atoms with Crippen molar-refractivity contribution >= 4 is 29.3 Å². The molecule has 1 aliphatic rings. The summed E-state index contributed by atoms with van der Waals surface area (Å²) in [5.74, 6) is -0.349. The minimum atomic E-state index is -0.975. The lowest BCUT2D eigenvalue weighted by Crippen LogP contribution is -2.27. The molecule has 0 saturated carbocycles. The van der Waals surface area contributed by atoms with Crippen LogP contribution in [0.15, 0.2) is 48.5 Å². The van der Waals surface area contributed by atoms with Gasteiger partial charge in [0.15, 0.2) is 0 Å². The van der Waals surface area contributed by atoms with E-state index >= 15 is 0 Å². The van der Waals surface area contributed by atoms with Crippen molar-refractivity contribution < 1.29 is 14.7 Å². The first-order chi connectivity index (χ1) is 14.4. The van der Waals surface area contributed by atoms with Gasteiger partial charge in [0.05, 0.1) is 17.8 Å². The zero-order valence-electron chi connectivity index (χ0n) is 16.4. The van der Waals surface area contributed by atoms with Crippen LogP contribution >= 0.6 is 11.6 Å². The van der Waals surface area contributed by atoms with E-state index in [1.165, 1.54) is 12.1 Å². The van der Waals surface area contributed by atoms with Crippen LogP contribution in [0.2, 0.25) is 5.02 Å². The van der Waals surface area contributed by atoms with Gasteiger partial charge in [-0.3, -0.25) is 4.79 Å². The first-order valence-electron chi connectivity index (χ1n) is 9.59. The summed E-state index contributed by atoms with van der Waals surface area (Å²) in [6, 6.07) is 14.1. The van der Waals surface area contributed by atoms with Gasteiger partial charge in [-0.05, 0) is 42.3 Å². The number of carbonyl (C=O) groups is 2. The Bertz CT molecular complexity index is 1090. The Balaban J connectivity index is 1.50. The lowest BCUT2D eigenvalue weighted by Gasteiger charge is -2.19. The van der Waals surface area contributed by atoms with Crippen molar-refractivity contribution in [2.24, 2.45) is 0 Å². The van der Waals surface area contributed by atoms with Crippen LogP contribution in [0.4, 0.5) is 5.82 Å². The first-order valence-corrected chi connectivity index (χ1v) is 9.97. The van der Waals surface area contributed by atoms with Crippen LogP contribution in [-0.4, -0.2) is 33.3 Å². The standard InChI is InChI=1S/C22H21ClN4O3/c1-14-19(20(28)24-12-15-2-6-17(7-3-15)22(29)30)21-26(10-11-27(21)25-14)13-16-4-8-18(23)9-5-16/h2-9H,10-13H2,1H3,(H,24,28)(H,29,30). The zero-order valence-corrected chi connectivity index (χ0v) is 17.2. The number of nitrogens with one attached hydrogen (secondary N) is 1. The molecule has 0 bridgehead atoms. The Labute approximate surface area is 178 Å². The molecule has 0 radical (unpaired) electrons. The van der Waals surface area contributed by atoms with Crippen LogP contribution in [0.5, 0.6) is 0 Å². The molecule has 0 spiro atoms. The highest BCUT2D eigenvalue weighted by Crippen LogP contribution is 2.30. The molecule has 30 heavy (non-hydrogen) atoms. The summed E-state index contributed by atoms with van der Waals surface area (Å²) in [6.07, 6.45) is 0. The van der Waals surface area contributed by atoms with E-state index in [1.807, 2.05) is 35.9 Å². The molecule has 0 fully saturated rings. The molecule has 2 heterocycles. The van der Waals surface area contributed by atoms with Crippen molar-refractivity contribution in [2.45, 2.75) is 26.6 Å². The summed E-state index contributed by atoms with van der Waals surface area (Å²) in [5, 5.41) is 17.1. The number of amides is 1. The third-order valence-electron chi connectivity index (χ3n) is 5.15. The Kier molecular flexibility index (Phi) is 5.46. The third-order valence-corrected chi connectivity index (χ3v) is 5.40. The van der Waals surface area contributed by atoms with Gasteiger partial charge in [-0.1, -0.05) is 35.9 Å². The first kappa shape index (κ1) is 20.0. The molecule has 0 saturated heterocycles. The summed E-state index contributed by atoms with van der Waals surface area (Å²) >= 11 is 5.98. The molecule has 0 unspecified atom stereocenters. The SMILES string of the molecule is Cc1nn2c(c1C(=O)NCc1ccc(C(=O)O)cc1)N(Cc1ccc(Cl)cc1)CC2. The molecule has 0 atom stereocenters. The molecule has 1 aliphatic heterocycles. The second kappa shape index (κ2) is 8.20. The number of hydrogen-bond donors (Lipinski definition) is 2. The Morgan fingerprint density at radius 2 is 1.73 bits per heavy atom. The van der Waals surface area contributed by atoms with Crippen molar-refractivity contribution in [3.8, 4) is 0 Å². The molecular formula is C22H21ClN4O3. The predicted octanol–water partition coefficient (Wildman–Crippen LogP) is 3.49. The average molecular weight is 425 g/mol. The molecular weight excluding hydrogens is 404 g/mol. The van der Waals surface area contributed by atoms with Crippen molar-refractivity contribution in [3.05, 3.63) is 81.5 Å². The summed E-state index contributed by atoms with van der Waals surface area (Å²) < 4.78 is 1.88. The highest BCUT2D eigenvalue weighted by atomic mass is 35.5. The number of aromatic nitrogens is 2. The number of nitrogens with zero attached hydrogens (tertiary/aromatic N) is 3. The van der Waals surface area contributed by atoms with E-state index in [2.05, 4.69) is 15.3 Å². The van der Waals surface area contributed by atoms with Crippen LogP contribution in [-0.2, 0) is 19.6 Å². The molecule has 4 rings (SSSR count). The van der Waals surface area contributed by atoms with Gasteiger partial charge in [0.2, 0.25) is 0 Å². The van der Waals surface area contributed by atoms with Gasteiger partial charge in [-0.15, -0.1) is 0 Å². The fourth-order valence-corrected chi connectivity index (χ4v) is 3.76. The Hall–Kier alpha value is -3.32. The number of hydrogen-bond acceptors (Lipinski definition) is 4. The van der Waals surface area contributed by atoms with E-state index in [4.69, 9.17) is 16.7 Å². The maximum absolute atomic E-state index is 13.0. The van der Waals surface area contributed by atoms with Gasteiger partial charge in [0.1, 0.15) is 11.4 Å². The number of halogens is 1. The predicted molar refractivity (Wildman–Crippen MR) is 114 cm³/mol. The zero-order chi connectivity index (χ0) is 21.3. The lowest BCUT2D eigenvalue weighted by atomic mass is 10.1. The largest absolute Gasteiger partial charge is 0.478 e. The minimum Gasteiger partial charge on any atom is -0.478 e. The van der Waals surface area contributed by atoms with Crippen LogP contribution in [0.3, 0.4) is 0 Å². The van der Waals surface area contributed by atoms with Gasteiger partial charge in [0, 0.05) is 24.7 Å². The number of rotatable bonds is 6. The molecule has 7 nitrogen and oxygen atoms in total. The molecule has 3 aromatic rings. The number of carboxylic acid groups (broad SMARTS) is 1. The number of fused-ring (bicyclic) bond motifs is 1. The average Bonchev–Trinajstić information content (AvgIpc) is 3.26. The van der Waals surface area contributed by atoms with Crippen LogP contribution in [0.25, 0.3) is 0 Å². The summed E-state index contributed by atoms with van der Waals surface area (Å²) in [4.78, 5) is 26.1. The monoisotopic (exact) mass is 424 g/mol. The molecule has 1 aromatic heterocycles. The van der Waals surface area contributed by atoms with Gasteiger partial charge < -0.3 is 15.3 Å². The minimum absolute atomic E-state index is 0.195. The van der Waals surface area contributed by atoms with E-state index < -0.39 is 5.97 Å². The second-order valence-corrected chi connectivity index (χ2v) is 7.68. The summed E-state index contributed by atoms with van der Waals surface area (Å²) in [5.41, 5.74) is 3.41. The Morgan fingerprint density at radius 3 is 2.40 bits per heavy atom. The van der Waals surface area contributed by atoms with E-state index in [9.17, 15) is 9.59 Å². The molecule has 0 aliphatic carbocycles. The van der Waals surface area contributed by atoms with Crippen LogP contribution < -0.4 is 10.2 Å². The maximum atomic E-state index is 13.0. The topological polar surface area (TPSA) is 87.5 Å². The Morgan fingerprint density at radius 1 is 1.07 bits per heavy atom. The molecule has 8 heteroatoms. The van der Waals surface area contributed by atoms with Gasteiger partial charge >= 0.3 is 5.97 Å². The van der Waals surface area contributed by atoms with Crippen molar-refractivity contribution in [3.63, 3.8) is 0 Å². The van der Waals surface area contributed by atoms with E-state index in [0.717, 1.165) is 30.0 Å². The van der Waals surface area contributed by atoms with Gasteiger partial charge in [-0.2, -0.15) is 5.10 Å². The van der Waals surface area contributed by atoms with E-state index in [0.29, 0.717) is 29.4 Å². The quantitative estimate of drug-likeness (QED) is 0.632. The molecule has 2 aromatic carbocycles. The normalized spacial score (nSPS) is 12.7. The molecule has 1 amide bonds. The number of aromatic carboxylic acids is 1. The van der Waals surface area contributed by atoms with Crippen molar-refractivity contribution in [2.75, 3.05) is 11.4 Å². The summed E-state index contributed by atoms with van der Waals surface area (Å²) in [7, 11) is 0. The second-order valence-electron chi connectivity index (χ2n) is 7.24. The number of carboxylic acids is 1. The van der Waals surface area contributed by atoms with Gasteiger partial charge in [-0.25, -0.2) is 9.48 Å². The maximum Gasteiger partial charge on any atom is 0.335 e. The summed E-state index contributed by atoms with van der Waals surface area (Å²) in [6.45, 7) is 4.32. The number of benzene rings is 2. The lowest BCUT2D eigenvalue weighted by molar-refractivity contribution is 0.0696. The highest BCUT2D eigenvalue weighted by molar-refractivity contribution is 6.30. The van der Waals surface area contributed by atoms with Crippen molar-refractivity contribution in [1.82, 2.24) is 15.1 Å². The number of carbonyl (C=O) groups excluding carboxylic acids is 1. The number of anilines is 1. The number of aryl methyl sites for hydroxylation is 1. The van der Waals surface area contributed by atoms with Crippen molar-refractivity contribution in [1.29, 1.82) is 0 Å². The van der Waals surface area contributed by atoms with Gasteiger partial charge in [0.25, 0.3) is 5.91 Å². The van der Waals surface area contributed by atoms with Crippen LogP contribution in [0.1, 0.15) is 37.5 Å². The molecule has 154 valence electrons. The van der Waals surface area contributed by atoms with E-state index in [-0.39, 0.29) is 11.5 Å². The fourth-order valence-electron chi connectivity index (χ4n) is 3.63. The fraction of sp³-hybridized carbons (Fsp3) is 0.227. The third kappa shape index (κ3) is 4.02. The highest BCUT2D eigenvalue weighted by Gasteiger charge is 2.30. The molecule has 2 N–H and O–H groups in total. The van der Waals surface area contributed by atoms with Crippen LogP contribution in [0, 0.1) is 6.92 Å². The smallest absolute Gasteiger partial charge is 0.335 e.